The number of imide groups is 1. The Bertz CT molecular complexity index is 1030. The Morgan fingerprint density at radius 3 is 2.46 bits per heavy atom. The number of hydrogen-bond donors (Lipinski definition) is 1. The predicted octanol–water partition coefficient (Wildman–Crippen LogP) is 3.65. The van der Waals surface area contributed by atoms with Gasteiger partial charge in [0.05, 0.1) is 0 Å². The minimum absolute atomic E-state index is 0.169. The van der Waals surface area contributed by atoms with E-state index in [0.717, 1.165) is 16.7 Å². The summed E-state index contributed by atoms with van der Waals surface area (Å²) < 4.78 is 0. The van der Waals surface area contributed by atoms with E-state index in [4.69, 9.17) is 11.6 Å². The van der Waals surface area contributed by atoms with E-state index >= 15 is 0 Å². The van der Waals surface area contributed by atoms with Crippen LogP contribution in [0.2, 0.25) is 5.02 Å². The Hall–Kier alpha value is -2.66. The van der Waals surface area contributed by atoms with Crippen molar-refractivity contribution in [3.63, 3.8) is 0 Å². The Balaban J connectivity index is 1.50. The number of nitrogens with zero attached hydrogens (tertiary/aromatic N) is 1. The minimum Gasteiger partial charge on any atom is -0.322 e. The molecule has 3 aliphatic rings. The van der Waals surface area contributed by atoms with Crippen LogP contribution in [0, 0.1) is 0 Å². The first kappa shape index (κ1) is 17.4. The molecule has 2 aromatic carbocycles. The fourth-order valence-corrected chi connectivity index (χ4v) is 4.55. The van der Waals surface area contributed by atoms with Crippen LogP contribution in [-0.2, 0) is 16.1 Å². The van der Waals surface area contributed by atoms with E-state index in [1.807, 2.05) is 24.3 Å². The van der Waals surface area contributed by atoms with Gasteiger partial charge < -0.3 is 4.90 Å². The van der Waals surface area contributed by atoms with Crippen molar-refractivity contribution in [1.82, 2.24) is 10.2 Å². The Morgan fingerprint density at radius 1 is 0.964 bits per heavy atom. The third-order valence-corrected chi connectivity index (χ3v) is 6.23. The number of rotatable bonds is 3. The van der Waals surface area contributed by atoms with Crippen molar-refractivity contribution in [3.05, 3.63) is 58.1 Å². The summed E-state index contributed by atoms with van der Waals surface area (Å²) in [5.74, 6) is -0.228. The van der Waals surface area contributed by atoms with Crippen molar-refractivity contribution in [1.29, 1.82) is 0 Å². The quantitative estimate of drug-likeness (QED) is 0.808. The molecule has 1 unspecified atom stereocenters. The van der Waals surface area contributed by atoms with E-state index in [2.05, 4.69) is 11.4 Å². The maximum Gasteiger partial charge on any atom is 0.255 e. The van der Waals surface area contributed by atoms with Crippen molar-refractivity contribution >= 4 is 29.3 Å². The molecule has 0 radical (unpaired) electrons. The molecule has 0 spiro atoms. The lowest BCUT2D eigenvalue weighted by Gasteiger charge is -2.29. The summed E-state index contributed by atoms with van der Waals surface area (Å²) in [7, 11) is 0. The summed E-state index contributed by atoms with van der Waals surface area (Å²) in [6.45, 7) is 0.345. The van der Waals surface area contributed by atoms with E-state index in [-0.39, 0.29) is 18.2 Å². The van der Waals surface area contributed by atoms with Gasteiger partial charge in [-0.05, 0) is 54.0 Å². The lowest BCUT2D eigenvalue weighted by molar-refractivity contribution is -0.136. The summed E-state index contributed by atoms with van der Waals surface area (Å²) >= 11 is 6.60. The van der Waals surface area contributed by atoms with Crippen LogP contribution in [0.25, 0.3) is 11.1 Å². The summed E-state index contributed by atoms with van der Waals surface area (Å²) in [4.78, 5) is 38.2. The lowest BCUT2D eigenvalue weighted by atomic mass is 9.95. The Kier molecular flexibility index (Phi) is 4.02. The molecule has 28 heavy (non-hydrogen) atoms. The van der Waals surface area contributed by atoms with Gasteiger partial charge in [0.15, 0.2) is 0 Å². The zero-order valence-corrected chi connectivity index (χ0v) is 16.0. The summed E-state index contributed by atoms with van der Waals surface area (Å²) in [5, 5.41) is 3.02. The first-order valence-corrected chi connectivity index (χ1v) is 9.97. The van der Waals surface area contributed by atoms with Crippen molar-refractivity contribution in [2.45, 2.75) is 44.2 Å². The molecule has 142 valence electrons. The molecule has 2 aliphatic heterocycles. The highest BCUT2D eigenvalue weighted by Gasteiger charge is 2.40. The smallest absolute Gasteiger partial charge is 0.255 e. The number of benzene rings is 2. The molecule has 5 nitrogen and oxygen atoms in total. The van der Waals surface area contributed by atoms with Crippen LogP contribution in [0.4, 0.5) is 0 Å². The SMILES string of the molecule is O=C1CCC(N2Cc3c(cccc3-c3ccc(C4CC4)cc3Cl)C2=O)C(=O)N1. The normalized spacial score (nSPS) is 21.7. The summed E-state index contributed by atoms with van der Waals surface area (Å²) in [5.41, 5.74) is 4.58. The van der Waals surface area contributed by atoms with Gasteiger partial charge in [-0.25, -0.2) is 0 Å². The molecule has 5 rings (SSSR count). The van der Waals surface area contributed by atoms with Crippen LogP contribution in [0.15, 0.2) is 36.4 Å². The second kappa shape index (κ2) is 6.45. The highest BCUT2D eigenvalue weighted by Crippen LogP contribution is 2.43. The molecular formula is C22H19ClN2O3. The minimum atomic E-state index is -0.613. The average molecular weight is 395 g/mol. The standard InChI is InChI=1S/C22H19ClN2O3/c23-18-10-13(12-4-5-12)6-7-15(18)14-2-1-3-16-17(14)11-25(22(16)28)19-8-9-20(26)24-21(19)27/h1-3,6-7,10,12,19H,4-5,8-9,11H2,(H,24,26,27). The van der Waals surface area contributed by atoms with E-state index in [9.17, 15) is 14.4 Å². The number of halogens is 1. The Morgan fingerprint density at radius 2 is 1.75 bits per heavy atom. The molecule has 1 N–H and O–H groups in total. The molecule has 3 amide bonds. The first-order chi connectivity index (χ1) is 13.5. The summed E-state index contributed by atoms with van der Waals surface area (Å²) in [6, 6.07) is 11.2. The first-order valence-electron chi connectivity index (χ1n) is 9.59. The van der Waals surface area contributed by atoms with Gasteiger partial charge in [-0.1, -0.05) is 35.9 Å². The molecular weight excluding hydrogens is 376 g/mol. The largest absolute Gasteiger partial charge is 0.322 e. The van der Waals surface area contributed by atoms with Crippen molar-refractivity contribution < 1.29 is 14.4 Å². The fourth-order valence-electron chi connectivity index (χ4n) is 4.26. The summed E-state index contributed by atoms with van der Waals surface area (Å²) in [6.07, 6.45) is 3.03. The molecule has 0 aromatic heterocycles. The molecule has 2 heterocycles. The highest BCUT2D eigenvalue weighted by molar-refractivity contribution is 6.33. The number of fused-ring (bicyclic) bond motifs is 1. The zero-order valence-electron chi connectivity index (χ0n) is 15.2. The number of piperidine rings is 1. The zero-order chi connectivity index (χ0) is 19.4. The number of carbonyl (C=O) groups is 3. The van der Waals surface area contributed by atoms with Crippen molar-refractivity contribution in [2.24, 2.45) is 0 Å². The van der Waals surface area contributed by atoms with Crippen molar-refractivity contribution in [2.75, 3.05) is 0 Å². The van der Waals surface area contributed by atoms with Gasteiger partial charge in [0.2, 0.25) is 11.8 Å². The molecule has 6 heteroatoms. The van der Waals surface area contributed by atoms with Gasteiger partial charge in [-0.2, -0.15) is 0 Å². The topological polar surface area (TPSA) is 66.5 Å². The van der Waals surface area contributed by atoms with Gasteiger partial charge in [0.25, 0.3) is 5.91 Å². The number of nitrogens with one attached hydrogen (secondary N) is 1. The van der Waals surface area contributed by atoms with Gasteiger partial charge in [0.1, 0.15) is 6.04 Å². The number of amides is 3. The van der Waals surface area contributed by atoms with Crippen LogP contribution < -0.4 is 5.32 Å². The second-order valence-corrected chi connectivity index (χ2v) is 8.15. The van der Waals surface area contributed by atoms with Gasteiger partial charge >= 0.3 is 0 Å². The Labute approximate surface area is 167 Å². The monoisotopic (exact) mass is 394 g/mol. The van der Waals surface area contributed by atoms with E-state index in [1.54, 1.807) is 11.0 Å². The molecule has 1 aliphatic carbocycles. The van der Waals surface area contributed by atoms with Gasteiger partial charge in [0, 0.05) is 29.1 Å². The maximum atomic E-state index is 13.0. The van der Waals surface area contributed by atoms with Crippen LogP contribution in [0.5, 0.6) is 0 Å². The predicted molar refractivity (Wildman–Crippen MR) is 105 cm³/mol. The lowest BCUT2D eigenvalue weighted by Crippen LogP contribution is -2.52. The van der Waals surface area contributed by atoms with Gasteiger partial charge in [-0.3, -0.25) is 19.7 Å². The third kappa shape index (κ3) is 2.81. The molecule has 0 bridgehead atoms. The van der Waals surface area contributed by atoms with Crippen molar-refractivity contribution in [3.8, 4) is 11.1 Å². The van der Waals surface area contributed by atoms with Crippen LogP contribution in [-0.4, -0.2) is 28.7 Å². The molecule has 1 saturated carbocycles. The van der Waals surface area contributed by atoms with Crippen LogP contribution in [0.1, 0.15) is 53.1 Å². The fraction of sp³-hybridized carbons (Fsp3) is 0.318. The average Bonchev–Trinajstić information content (AvgIpc) is 3.47. The van der Waals surface area contributed by atoms with E-state index < -0.39 is 11.9 Å². The van der Waals surface area contributed by atoms with Gasteiger partial charge in [-0.15, -0.1) is 0 Å². The highest BCUT2D eigenvalue weighted by atomic mass is 35.5. The number of carbonyl (C=O) groups excluding carboxylic acids is 3. The molecule has 1 atom stereocenters. The maximum absolute atomic E-state index is 13.0. The van der Waals surface area contributed by atoms with E-state index in [1.165, 1.54) is 18.4 Å². The molecule has 2 fully saturated rings. The van der Waals surface area contributed by atoms with E-state index in [0.29, 0.717) is 29.5 Å². The molecule has 1 saturated heterocycles. The van der Waals surface area contributed by atoms with Crippen LogP contribution >= 0.6 is 11.6 Å². The second-order valence-electron chi connectivity index (χ2n) is 7.75. The molecule has 2 aromatic rings. The van der Waals surface area contributed by atoms with Crippen LogP contribution in [0.3, 0.4) is 0 Å². The number of hydrogen-bond acceptors (Lipinski definition) is 3. The third-order valence-electron chi connectivity index (χ3n) is 5.91.